The van der Waals surface area contributed by atoms with Crippen molar-refractivity contribution in [3.8, 4) is 0 Å². The fraction of sp³-hybridized carbons (Fsp3) is 0.500. The lowest BCUT2D eigenvalue weighted by atomic mass is 10.0. The lowest BCUT2D eigenvalue weighted by Gasteiger charge is -2.37. The molecule has 2 fully saturated rings. The zero-order valence-corrected chi connectivity index (χ0v) is 14.7. The number of rotatable bonds is 3. The lowest BCUT2D eigenvalue weighted by molar-refractivity contribution is -0.169. The van der Waals surface area contributed by atoms with Crippen molar-refractivity contribution in [3.63, 3.8) is 0 Å². The first kappa shape index (κ1) is 16.2. The van der Waals surface area contributed by atoms with Gasteiger partial charge < -0.3 is 19.7 Å². The summed E-state index contributed by atoms with van der Waals surface area (Å²) in [6.45, 7) is 7.18. The number of aryl methyl sites for hydroxylation is 2. The molecule has 2 saturated heterocycles. The van der Waals surface area contributed by atoms with Gasteiger partial charge in [-0.2, -0.15) is 10.1 Å². The number of nitrogens with zero attached hydrogens (tertiary/aromatic N) is 4. The van der Waals surface area contributed by atoms with Gasteiger partial charge in [0.05, 0.1) is 19.4 Å². The first-order valence-corrected chi connectivity index (χ1v) is 8.70. The second-order valence-corrected chi connectivity index (χ2v) is 6.66. The second-order valence-electron chi connectivity index (χ2n) is 6.66. The number of benzene rings is 1. The Balaban J connectivity index is 1.45. The number of anilines is 3. The van der Waals surface area contributed by atoms with Crippen LogP contribution in [-0.2, 0) is 9.47 Å². The number of nitrogens with one attached hydrogen (secondary N) is 1. The van der Waals surface area contributed by atoms with E-state index in [0.29, 0.717) is 25.0 Å². The summed E-state index contributed by atoms with van der Waals surface area (Å²) in [5.74, 6) is 0.947. The monoisotopic (exact) mass is 341 g/mol. The molecule has 0 amide bonds. The van der Waals surface area contributed by atoms with Gasteiger partial charge in [-0.05, 0) is 37.1 Å². The average Bonchev–Trinajstić information content (AvgIpc) is 3.07. The van der Waals surface area contributed by atoms with Crippen molar-refractivity contribution in [1.29, 1.82) is 0 Å². The molecule has 1 aromatic carbocycles. The van der Waals surface area contributed by atoms with Crippen molar-refractivity contribution < 1.29 is 9.47 Å². The van der Waals surface area contributed by atoms with Crippen LogP contribution in [0.15, 0.2) is 24.4 Å². The van der Waals surface area contributed by atoms with Gasteiger partial charge in [0.25, 0.3) is 0 Å². The largest absolute Gasteiger partial charge is 0.347 e. The number of ether oxygens (including phenoxy) is 2. The van der Waals surface area contributed by atoms with Crippen LogP contribution < -0.4 is 10.2 Å². The third-order valence-corrected chi connectivity index (χ3v) is 4.95. The molecule has 1 N–H and O–H groups in total. The Morgan fingerprint density at radius 2 is 1.84 bits per heavy atom. The van der Waals surface area contributed by atoms with Crippen molar-refractivity contribution >= 4 is 17.5 Å². The van der Waals surface area contributed by atoms with Gasteiger partial charge >= 0.3 is 0 Å². The Bertz CT molecular complexity index is 751. The van der Waals surface area contributed by atoms with E-state index in [9.17, 15) is 0 Å². The summed E-state index contributed by atoms with van der Waals surface area (Å²) in [5, 5.41) is 11.6. The third kappa shape index (κ3) is 3.43. The average molecular weight is 341 g/mol. The van der Waals surface area contributed by atoms with Gasteiger partial charge in [0, 0.05) is 31.6 Å². The zero-order chi connectivity index (χ0) is 17.3. The van der Waals surface area contributed by atoms with E-state index in [1.165, 1.54) is 11.1 Å². The van der Waals surface area contributed by atoms with Crippen LogP contribution in [0, 0.1) is 13.8 Å². The maximum atomic E-state index is 5.77. The molecule has 0 aliphatic carbocycles. The Hall–Kier alpha value is -2.25. The normalized spacial score (nSPS) is 19.4. The summed E-state index contributed by atoms with van der Waals surface area (Å²) in [4.78, 5) is 6.75. The molecule has 0 saturated carbocycles. The van der Waals surface area contributed by atoms with Crippen molar-refractivity contribution in [2.24, 2.45) is 0 Å². The zero-order valence-electron chi connectivity index (χ0n) is 14.7. The van der Waals surface area contributed by atoms with Gasteiger partial charge in [0.2, 0.25) is 5.95 Å². The van der Waals surface area contributed by atoms with Crippen LogP contribution >= 0.6 is 0 Å². The minimum atomic E-state index is -0.390. The first-order valence-electron chi connectivity index (χ1n) is 8.70. The van der Waals surface area contributed by atoms with E-state index in [1.807, 2.05) is 6.07 Å². The predicted octanol–water partition coefficient (Wildman–Crippen LogP) is 2.58. The molecule has 7 heteroatoms. The van der Waals surface area contributed by atoms with E-state index in [2.05, 4.69) is 51.4 Å². The molecular formula is C18H23N5O2. The molecule has 0 radical (unpaired) electrons. The predicted molar refractivity (Wildman–Crippen MR) is 95.1 cm³/mol. The molecule has 7 nitrogen and oxygen atoms in total. The van der Waals surface area contributed by atoms with Crippen LogP contribution in [0.5, 0.6) is 0 Å². The molecule has 2 aromatic rings. The molecule has 1 spiro atoms. The highest BCUT2D eigenvalue weighted by atomic mass is 16.7. The van der Waals surface area contributed by atoms with Crippen LogP contribution in [0.4, 0.5) is 17.5 Å². The van der Waals surface area contributed by atoms with Gasteiger partial charge in [-0.15, -0.1) is 5.10 Å². The molecule has 132 valence electrons. The van der Waals surface area contributed by atoms with Crippen LogP contribution in [0.1, 0.15) is 24.0 Å². The Kier molecular flexibility index (Phi) is 4.27. The Morgan fingerprint density at radius 1 is 1.08 bits per heavy atom. The summed E-state index contributed by atoms with van der Waals surface area (Å²) in [6, 6.07) is 6.25. The fourth-order valence-electron chi connectivity index (χ4n) is 3.29. The maximum Gasteiger partial charge on any atom is 0.247 e. The number of hydrogen-bond acceptors (Lipinski definition) is 7. The summed E-state index contributed by atoms with van der Waals surface area (Å²) < 4.78 is 11.5. The Morgan fingerprint density at radius 3 is 2.56 bits per heavy atom. The molecule has 25 heavy (non-hydrogen) atoms. The van der Waals surface area contributed by atoms with E-state index in [0.717, 1.165) is 31.6 Å². The van der Waals surface area contributed by atoms with Gasteiger partial charge in [0.15, 0.2) is 11.6 Å². The molecule has 0 atom stereocenters. The summed E-state index contributed by atoms with van der Waals surface area (Å²) in [6.07, 6.45) is 3.30. The molecule has 3 heterocycles. The van der Waals surface area contributed by atoms with Crippen LogP contribution in [0.2, 0.25) is 0 Å². The molecule has 0 unspecified atom stereocenters. The number of hydrogen-bond donors (Lipinski definition) is 1. The van der Waals surface area contributed by atoms with E-state index in [-0.39, 0.29) is 5.79 Å². The third-order valence-electron chi connectivity index (χ3n) is 4.95. The van der Waals surface area contributed by atoms with E-state index >= 15 is 0 Å². The van der Waals surface area contributed by atoms with Gasteiger partial charge in [-0.3, -0.25) is 0 Å². The van der Waals surface area contributed by atoms with Crippen LogP contribution in [0.25, 0.3) is 0 Å². The molecule has 1 aromatic heterocycles. The highest BCUT2D eigenvalue weighted by Crippen LogP contribution is 2.32. The molecule has 0 bridgehead atoms. The minimum Gasteiger partial charge on any atom is -0.347 e. The lowest BCUT2D eigenvalue weighted by Crippen LogP contribution is -2.45. The van der Waals surface area contributed by atoms with Crippen LogP contribution in [0.3, 0.4) is 0 Å². The summed E-state index contributed by atoms with van der Waals surface area (Å²) in [5.41, 5.74) is 3.51. The molecular weight excluding hydrogens is 318 g/mol. The smallest absolute Gasteiger partial charge is 0.247 e. The van der Waals surface area contributed by atoms with Crippen LogP contribution in [-0.4, -0.2) is 47.3 Å². The molecule has 2 aliphatic rings. The van der Waals surface area contributed by atoms with E-state index in [1.54, 1.807) is 6.20 Å². The first-order chi connectivity index (χ1) is 12.1. The molecule has 2 aliphatic heterocycles. The SMILES string of the molecule is Cc1ccc(Nc2cnnc(N3CCC4(CC3)OCCO4)n2)cc1C. The maximum absolute atomic E-state index is 5.77. The fourth-order valence-corrected chi connectivity index (χ4v) is 3.29. The van der Waals surface area contributed by atoms with Gasteiger partial charge in [-0.1, -0.05) is 6.07 Å². The summed E-state index contributed by atoms with van der Waals surface area (Å²) >= 11 is 0. The highest BCUT2D eigenvalue weighted by molar-refractivity contribution is 5.58. The second kappa shape index (κ2) is 6.57. The van der Waals surface area contributed by atoms with E-state index in [4.69, 9.17) is 9.47 Å². The Labute approximate surface area is 147 Å². The number of piperidine rings is 1. The quantitative estimate of drug-likeness (QED) is 0.920. The standard InChI is InChI=1S/C18H23N5O2/c1-13-3-4-15(11-14(13)2)20-16-12-19-22-17(21-16)23-7-5-18(6-8-23)24-9-10-25-18/h3-4,11-12H,5-10H2,1-2H3,(H,20,21,22). The van der Waals surface area contributed by atoms with Gasteiger partial charge in [-0.25, -0.2) is 0 Å². The molecule has 4 rings (SSSR count). The minimum absolute atomic E-state index is 0.390. The summed E-state index contributed by atoms with van der Waals surface area (Å²) in [7, 11) is 0. The van der Waals surface area contributed by atoms with Crippen molar-refractivity contribution in [2.45, 2.75) is 32.5 Å². The van der Waals surface area contributed by atoms with Gasteiger partial charge in [0.1, 0.15) is 0 Å². The van der Waals surface area contributed by atoms with E-state index < -0.39 is 0 Å². The van der Waals surface area contributed by atoms with Crippen molar-refractivity contribution in [1.82, 2.24) is 15.2 Å². The van der Waals surface area contributed by atoms with Crippen molar-refractivity contribution in [3.05, 3.63) is 35.5 Å². The van der Waals surface area contributed by atoms with Crippen molar-refractivity contribution in [2.75, 3.05) is 36.5 Å². The highest BCUT2D eigenvalue weighted by Gasteiger charge is 2.40. The number of aromatic nitrogens is 3. The topological polar surface area (TPSA) is 72.4 Å².